The van der Waals surface area contributed by atoms with E-state index in [1.54, 1.807) is 0 Å². The van der Waals surface area contributed by atoms with E-state index in [1.807, 2.05) is 0 Å². The monoisotopic (exact) mass is 544 g/mol. The molecule has 2 saturated heterocycles. The molecule has 0 aliphatic carbocycles. The summed E-state index contributed by atoms with van der Waals surface area (Å²) in [6, 6.07) is 0.726. The molecular formula is C31H60N8. The Bertz CT molecular complexity index is 838. The minimum atomic E-state index is 0.0523. The molecule has 1 aromatic heterocycles. The molecule has 0 atom stereocenters. The molecule has 8 nitrogen and oxygen atoms in total. The summed E-state index contributed by atoms with van der Waals surface area (Å²) >= 11 is 0. The van der Waals surface area contributed by atoms with Gasteiger partial charge in [-0.1, -0.05) is 13.8 Å². The average Bonchev–Trinajstić information content (AvgIpc) is 2.76. The van der Waals surface area contributed by atoms with Gasteiger partial charge in [-0.15, -0.1) is 0 Å². The highest BCUT2D eigenvalue weighted by molar-refractivity contribution is 5.48. The third-order valence-electron chi connectivity index (χ3n) is 8.28. The largest absolute Gasteiger partial charge is 0.341 e. The molecular weight excluding hydrogens is 484 g/mol. The van der Waals surface area contributed by atoms with Crippen LogP contribution in [0.3, 0.4) is 0 Å². The fourth-order valence-electron chi connectivity index (χ4n) is 7.70. The number of hydrogen-bond acceptors (Lipinski definition) is 8. The zero-order chi connectivity index (χ0) is 29.2. The molecule has 0 unspecified atom stereocenters. The molecule has 0 amide bonds. The topological polar surface area (TPSA) is 72.5 Å². The molecule has 0 aromatic carbocycles. The summed E-state index contributed by atoms with van der Waals surface area (Å²) in [7, 11) is 0. The first-order valence-corrected chi connectivity index (χ1v) is 15.7. The van der Waals surface area contributed by atoms with Gasteiger partial charge in [0.1, 0.15) is 0 Å². The van der Waals surface area contributed by atoms with Gasteiger partial charge in [0.25, 0.3) is 0 Å². The lowest BCUT2D eigenvalue weighted by Gasteiger charge is -2.50. The van der Waals surface area contributed by atoms with Crippen LogP contribution in [0.5, 0.6) is 0 Å². The molecule has 0 spiro atoms. The van der Waals surface area contributed by atoms with Gasteiger partial charge in [0.15, 0.2) is 0 Å². The van der Waals surface area contributed by atoms with Gasteiger partial charge in [-0.25, -0.2) is 0 Å². The van der Waals surface area contributed by atoms with Gasteiger partial charge in [0, 0.05) is 60.4 Å². The third-order valence-corrected chi connectivity index (χ3v) is 8.28. The summed E-state index contributed by atoms with van der Waals surface area (Å²) in [6.07, 6.45) is 6.37. The Kier molecular flexibility index (Phi) is 9.85. The van der Waals surface area contributed by atoms with E-state index in [2.05, 4.69) is 108 Å². The second kappa shape index (κ2) is 12.1. The molecule has 39 heavy (non-hydrogen) atoms. The third kappa shape index (κ3) is 8.18. The Morgan fingerprint density at radius 1 is 0.564 bits per heavy atom. The highest BCUT2D eigenvalue weighted by atomic mass is 15.4. The summed E-state index contributed by atoms with van der Waals surface area (Å²) < 4.78 is 0. The summed E-state index contributed by atoms with van der Waals surface area (Å²) in [5, 5.41) is 7.70. The average molecular weight is 545 g/mol. The first-order chi connectivity index (χ1) is 18.0. The Hall–Kier alpha value is -1.67. The number of rotatable bonds is 11. The van der Waals surface area contributed by atoms with Crippen LogP contribution in [0.4, 0.5) is 17.8 Å². The lowest BCUT2D eigenvalue weighted by Crippen LogP contribution is -2.62. The number of anilines is 3. The van der Waals surface area contributed by atoms with Crippen LogP contribution >= 0.6 is 0 Å². The Labute approximate surface area is 240 Å². The van der Waals surface area contributed by atoms with Gasteiger partial charge >= 0.3 is 0 Å². The van der Waals surface area contributed by atoms with Crippen LogP contribution in [0.2, 0.25) is 0 Å². The molecule has 3 heterocycles. The van der Waals surface area contributed by atoms with Crippen LogP contribution in [0.1, 0.15) is 122 Å². The number of hydrogen-bond donors (Lipinski definition) is 2. The standard InChI is InChI=1S/C31H60N8/c1-13-17-37(18-14-2)25-32-26(38(15-3)23-19-28(5,6)35-29(7,8)20-23)34-27(33-25)39(16-4)24-21-30(9,10)36-31(11,12)22-24/h23-24,35-36H,13-22H2,1-12H3. The predicted molar refractivity (Wildman–Crippen MR) is 167 cm³/mol. The molecule has 3 rings (SSSR count). The summed E-state index contributed by atoms with van der Waals surface area (Å²) in [6.45, 7) is 31.2. The van der Waals surface area contributed by atoms with Gasteiger partial charge in [-0.3, -0.25) is 0 Å². The Morgan fingerprint density at radius 3 is 1.15 bits per heavy atom. The zero-order valence-corrected chi connectivity index (χ0v) is 27.4. The van der Waals surface area contributed by atoms with Gasteiger partial charge in [-0.05, 0) is 108 Å². The molecule has 224 valence electrons. The van der Waals surface area contributed by atoms with E-state index in [1.165, 1.54) is 0 Å². The van der Waals surface area contributed by atoms with E-state index in [0.29, 0.717) is 12.1 Å². The fraction of sp³-hybridized carbons (Fsp3) is 0.903. The quantitative estimate of drug-likeness (QED) is 0.364. The summed E-state index contributed by atoms with van der Waals surface area (Å²) in [5.41, 5.74) is 0.209. The van der Waals surface area contributed by atoms with Crippen molar-refractivity contribution in [3.05, 3.63) is 0 Å². The van der Waals surface area contributed by atoms with Crippen LogP contribution in [-0.2, 0) is 0 Å². The fourth-order valence-corrected chi connectivity index (χ4v) is 7.70. The lowest BCUT2D eigenvalue weighted by atomic mass is 9.79. The molecule has 2 aliphatic rings. The first kappa shape index (κ1) is 31.9. The Morgan fingerprint density at radius 2 is 0.872 bits per heavy atom. The van der Waals surface area contributed by atoms with Crippen molar-refractivity contribution in [1.82, 2.24) is 25.6 Å². The van der Waals surface area contributed by atoms with E-state index >= 15 is 0 Å². The van der Waals surface area contributed by atoms with Crippen molar-refractivity contribution in [2.45, 2.75) is 156 Å². The first-order valence-electron chi connectivity index (χ1n) is 15.7. The van der Waals surface area contributed by atoms with Gasteiger partial charge in [-0.2, -0.15) is 15.0 Å². The van der Waals surface area contributed by atoms with E-state index in [0.717, 1.165) is 82.5 Å². The number of nitrogens with zero attached hydrogens (tertiary/aromatic N) is 6. The number of aromatic nitrogens is 3. The molecule has 1 aromatic rings. The second-order valence-electron chi connectivity index (χ2n) is 14.7. The zero-order valence-electron chi connectivity index (χ0n) is 27.4. The molecule has 8 heteroatoms. The van der Waals surface area contributed by atoms with Crippen molar-refractivity contribution in [2.24, 2.45) is 0 Å². The van der Waals surface area contributed by atoms with Gasteiger partial charge in [0.05, 0.1) is 0 Å². The normalized spacial score (nSPS) is 22.5. The van der Waals surface area contributed by atoms with E-state index in [4.69, 9.17) is 15.0 Å². The molecule has 0 radical (unpaired) electrons. The molecule has 0 saturated carbocycles. The molecule has 2 aliphatic heterocycles. The Balaban J connectivity index is 2.11. The maximum atomic E-state index is 5.28. The van der Waals surface area contributed by atoms with Crippen molar-refractivity contribution in [2.75, 3.05) is 40.9 Å². The van der Waals surface area contributed by atoms with Crippen molar-refractivity contribution in [1.29, 1.82) is 0 Å². The minimum Gasteiger partial charge on any atom is -0.341 e. The van der Waals surface area contributed by atoms with Crippen LogP contribution in [0.15, 0.2) is 0 Å². The minimum absolute atomic E-state index is 0.0523. The second-order valence-corrected chi connectivity index (χ2v) is 14.7. The SMILES string of the molecule is CCCN(CCC)c1nc(N(CC)C2CC(C)(C)NC(C)(C)C2)nc(N(CC)C2CC(C)(C)NC(C)(C)C2)n1. The van der Waals surface area contributed by atoms with Crippen LogP contribution < -0.4 is 25.3 Å². The van der Waals surface area contributed by atoms with Crippen LogP contribution in [0.25, 0.3) is 0 Å². The maximum absolute atomic E-state index is 5.28. The van der Waals surface area contributed by atoms with Crippen molar-refractivity contribution in [3.8, 4) is 0 Å². The van der Waals surface area contributed by atoms with Crippen LogP contribution in [0, 0.1) is 0 Å². The van der Waals surface area contributed by atoms with Crippen molar-refractivity contribution >= 4 is 17.8 Å². The summed E-state index contributed by atoms with van der Waals surface area (Å²) in [4.78, 5) is 23.0. The molecule has 0 bridgehead atoms. The summed E-state index contributed by atoms with van der Waals surface area (Å²) in [5.74, 6) is 2.49. The van der Waals surface area contributed by atoms with Crippen molar-refractivity contribution < 1.29 is 0 Å². The lowest BCUT2D eigenvalue weighted by molar-refractivity contribution is 0.158. The maximum Gasteiger partial charge on any atom is 0.232 e. The van der Waals surface area contributed by atoms with E-state index in [9.17, 15) is 0 Å². The van der Waals surface area contributed by atoms with Crippen LogP contribution in [-0.4, -0.2) is 75.4 Å². The van der Waals surface area contributed by atoms with E-state index in [-0.39, 0.29) is 22.2 Å². The predicted octanol–water partition coefficient (Wildman–Crippen LogP) is 5.77. The molecule has 2 N–H and O–H groups in total. The van der Waals surface area contributed by atoms with Gasteiger partial charge < -0.3 is 25.3 Å². The van der Waals surface area contributed by atoms with E-state index < -0.39 is 0 Å². The number of nitrogens with one attached hydrogen (secondary N) is 2. The highest BCUT2D eigenvalue weighted by Gasteiger charge is 2.42. The molecule has 2 fully saturated rings. The number of piperidine rings is 2. The van der Waals surface area contributed by atoms with Crippen molar-refractivity contribution in [3.63, 3.8) is 0 Å². The van der Waals surface area contributed by atoms with Gasteiger partial charge in [0.2, 0.25) is 17.8 Å². The highest BCUT2D eigenvalue weighted by Crippen LogP contribution is 2.36. The smallest absolute Gasteiger partial charge is 0.232 e.